The SMILES string of the molecule is CC1CC(N2CCNC(C(C)(C)C)C2)CCN1C. The number of hydrogen-bond donors (Lipinski definition) is 1. The summed E-state index contributed by atoms with van der Waals surface area (Å²) in [5, 5.41) is 3.70. The largest absolute Gasteiger partial charge is 0.311 e. The van der Waals surface area contributed by atoms with Gasteiger partial charge in [0.1, 0.15) is 0 Å². The van der Waals surface area contributed by atoms with Crippen molar-refractivity contribution >= 4 is 0 Å². The van der Waals surface area contributed by atoms with E-state index in [1.54, 1.807) is 0 Å². The van der Waals surface area contributed by atoms with E-state index in [9.17, 15) is 0 Å². The number of nitrogens with zero attached hydrogens (tertiary/aromatic N) is 2. The quantitative estimate of drug-likeness (QED) is 0.768. The fraction of sp³-hybridized carbons (Fsp3) is 1.00. The van der Waals surface area contributed by atoms with Crippen molar-refractivity contribution in [2.75, 3.05) is 33.2 Å². The maximum atomic E-state index is 3.70. The lowest BCUT2D eigenvalue weighted by Gasteiger charge is -2.47. The van der Waals surface area contributed by atoms with Gasteiger partial charge in [0.05, 0.1) is 0 Å². The first-order valence-corrected chi connectivity index (χ1v) is 7.55. The lowest BCUT2D eigenvalue weighted by molar-refractivity contribution is 0.0483. The first-order chi connectivity index (χ1) is 8.38. The highest BCUT2D eigenvalue weighted by Gasteiger charge is 2.34. The summed E-state index contributed by atoms with van der Waals surface area (Å²) in [6.45, 7) is 14.3. The van der Waals surface area contributed by atoms with E-state index < -0.39 is 0 Å². The molecule has 2 heterocycles. The average molecular weight is 253 g/mol. The molecule has 0 spiro atoms. The molecule has 3 atom stereocenters. The second kappa shape index (κ2) is 5.48. The molecule has 18 heavy (non-hydrogen) atoms. The number of nitrogens with one attached hydrogen (secondary N) is 1. The molecule has 2 aliphatic rings. The molecule has 2 rings (SSSR count). The van der Waals surface area contributed by atoms with Crippen LogP contribution in [0.5, 0.6) is 0 Å². The van der Waals surface area contributed by atoms with Gasteiger partial charge in [-0.05, 0) is 38.8 Å². The van der Waals surface area contributed by atoms with Gasteiger partial charge in [0.2, 0.25) is 0 Å². The molecule has 2 aliphatic heterocycles. The predicted octanol–water partition coefficient (Wildman–Crippen LogP) is 1.79. The summed E-state index contributed by atoms with van der Waals surface area (Å²) in [7, 11) is 2.26. The minimum absolute atomic E-state index is 0.371. The molecular formula is C15H31N3. The molecule has 3 unspecified atom stereocenters. The summed E-state index contributed by atoms with van der Waals surface area (Å²) in [5.41, 5.74) is 0.371. The highest BCUT2D eigenvalue weighted by Crippen LogP contribution is 2.26. The summed E-state index contributed by atoms with van der Waals surface area (Å²) in [6.07, 6.45) is 2.69. The molecule has 0 saturated carbocycles. The van der Waals surface area contributed by atoms with Gasteiger partial charge in [-0.1, -0.05) is 20.8 Å². The van der Waals surface area contributed by atoms with Crippen LogP contribution in [0.3, 0.4) is 0 Å². The summed E-state index contributed by atoms with van der Waals surface area (Å²) in [5.74, 6) is 0. The number of hydrogen-bond acceptors (Lipinski definition) is 3. The molecule has 2 saturated heterocycles. The summed E-state index contributed by atoms with van der Waals surface area (Å²) < 4.78 is 0. The zero-order valence-corrected chi connectivity index (χ0v) is 12.9. The molecule has 0 radical (unpaired) electrons. The van der Waals surface area contributed by atoms with Crippen LogP contribution in [0.2, 0.25) is 0 Å². The summed E-state index contributed by atoms with van der Waals surface area (Å²) in [4.78, 5) is 5.25. The third-order valence-electron chi connectivity index (χ3n) is 4.95. The van der Waals surface area contributed by atoms with Gasteiger partial charge < -0.3 is 10.2 Å². The van der Waals surface area contributed by atoms with Crippen molar-refractivity contribution in [3.8, 4) is 0 Å². The van der Waals surface area contributed by atoms with Gasteiger partial charge in [0, 0.05) is 37.8 Å². The van der Waals surface area contributed by atoms with Crippen molar-refractivity contribution in [1.82, 2.24) is 15.1 Å². The van der Waals surface area contributed by atoms with Crippen LogP contribution in [0.1, 0.15) is 40.5 Å². The zero-order chi connectivity index (χ0) is 13.3. The standard InChI is InChI=1S/C15H31N3/c1-12-10-13(6-8-17(12)5)18-9-7-16-14(11-18)15(2,3)4/h12-14,16H,6-11H2,1-5H3. The van der Waals surface area contributed by atoms with Crippen LogP contribution in [0.15, 0.2) is 0 Å². The number of piperazine rings is 1. The zero-order valence-electron chi connectivity index (χ0n) is 12.9. The van der Waals surface area contributed by atoms with Gasteiger partial charge >= 0.3 is 0 Å². The highest BCUT2D eigenvalue weighted by molar-refractivity contribution is 4.92. The molecule has 106 valence electrons. The van der Waals surface area contributed by atoms with E-state index in [0.29, 0.717) is 11.5 Å². The Bertz CT molecular complexity index is 271. The number of likely N-dealkylation sites (tertiary alicyclic amines) is 1. The normalized spacial score (nSPS) is 36.8. The Kier molecular flexibility index (Phi) is 4.35. The van der Waals surface area contributed by atoms with Crippen molar-refractivity contribution in [3.63, 3.8) is 0 Å². The predicted molar refractivity (Wildman–Crippen MR) is 77.9 cm³/mol. The second-order valence-corrected chi connectivity index (χ2v) is 7.38. The summed E-state index contributed by atoms with van der Waals surface area (Å²) >= 11 is 0. The Morgan fingerprint density at radius 1 is 1.17 bits per heavy atom. The van der Waals surface area contributed by atoms with Gasteiger partial charge in [0.15, 0.2) is 0 Å². The van der Waals surface area contributed by atoms with Gasteiger partial charge in [-0.2, -0.15) is 0 Å². The van der Waals surface area contributed by atoms with Gasteiger partial charge in [-0.15, -0.1) is 0 Å². The molecule has 3 nitrogen and oxygen atoms in total. The van der Waals surface area contributed by atoms with Crippen molar-refractivity contribution < 1.29 is 0 Å². The fourth-order valence-electron chi connectivity index (χ4n) is 3.28. The average Bonchev–Trinajstić information content (AvgIpc) is 2.32. The van der Waals surface area contributed by atoms with Crippen molar-refractivity contribution in [2.24, 2.45) is 5.41 Å². The first-order valence-electron chi connectivity index (χ1n) is 7.55. The van der Waals surface area contributed by atoms with Crippen LogP contribution in [0, 0.1) is 5.41 Å². The van der Waals surface area contributed by atoms with Crippen molar-refractivity contribution in [2.45, 2.75) is 58.7 Å². The topological polar surface area (TPSA) is 18.5 Å². The number of piperidine rings is 1. The van der Waals surface area contributed by atoms with E-state index in [0.717, 1.165) is 18.6 Å². The molecule has 0 aromatic rings. The molecule has 1 N–H and O–H groups in total. The molecule has 0 aliphatic carbocycles. The molecule has 0 bridgehead atoms. The van der Waals surface area contributed by atoms with E-state index in [1.165, 1.54) is 32.5 Å². The Morgan fingerprint density at radius 3 is 2.50 bits per heavy atom. The fourth-order valence-corrected chi connectivity index (χ4v) is 3.28. The smallest absolute Gasteiger partial charge is 0.0244 e. The van der Waals surface area contributed by atoms with Gasteiger partial charge in [0.25, 0.3) is 0 Å². The van der Waals surface area contributed by atoms with Crippen LogP contribution in [0.4, 0.5) is 0 Å². The summed E-state index contributed by atoms with van der Waals surface area (Å²) in [6, 6.07) is 2.19. The van der Waals surface area contributed by atoms with Gasteiger partial charge in [-0.25, -0.2) is 0 Å². The maximum absolute atomic E-state index is 3.70. The molecule has 3 heteroatoms. The monoisotopic (exact) mass is 253 g/mol. The van der Waals surface area contributed by atoms with Crippen LogP contribution in [-0.2, 0) is 0 Å². The van der Waals surface area contributed by atoms with Crippen LogP contribution < -0.4 is 5.32 Å². The van der Waals surface area contributed by atoms with E-state index in [1.807, 2.05) is 0 Å². The third kappa shape index (κ3) is 3.25. The Labute approximate surface area is 113 Å². The van der Waals surface area contributed by atoms with Gasteiger partial charge in [-0.3, -0.25) is 4.90 Å². The molecule has 2 fully saturated rings. The van der Waals surface area contributed by atoms with E-state index >= 15 is 0 Å². The van der Waals surface area contributed by atoms with Crippen molar-refractivity contribution in [1.29, 1.82) is 0 Å². The van der Waals surface area contributed by atoms with E-state index in [2.05, 4.69) is 49.9 Å². The van der Waals surface area contributed by atoms with Crippen LogP contribution in [0.25, 0.3) is 0 Å². The highest BCUT2D eigenvalue weighted by atomic mass is 15.3. The molecular weight excluding hydrogens is 222 g/mol. The Morgan fingerprint density at radius 2 is 1.89 bits per heavy atom. The minimum Gasteiger partial charge on any atom is -0.311 e. The van der Waals surface area contributed by atoms with Crippen LogP contribution in [-0.4, -0.2) is 61.2 Å². The first kappa shape index (κ1) is 14.3. The maximum Gasteiger partial charge on any atom is 0.0244 e. The molecule has 0 aromatic heterocycles. The minimum atomic E-state index is 0.371. The lowest BCUT2D eigenvalue weighted by atomic mass is 9.84. The second-order valence-electron chi connectivity index (χ2n) is 7.38. The lowest BCUT2D eigenvalue weighted by Crippen LogP contribution is -2.60. The van der Waals surface area contributed by atoms with E-state index in [4.69, 9.17) is 0 Å². The Balaban J connectivity index is 1.93. The molecule has 0 aromatic carbocycles. The Hall–Kier alpha value is -0.120. The van der Waals surface area contributed by atoms with E-state index in [-0.39, 0.29) is 0 Å². The van der Waals surface area contributed by atoms with Crippen molar-refractivity contribution in [3.05, 3.63) is 0 Å². The molecule has 0 amide bonds. The third-order valence-corrected chi connectivity index (χ3v) is 4.95. The number of rotatable bonds is 1. The van der Waals surface area contributed by atoms with Crippen LogP contribution >= 0.6 is 0 Å².